The summed E-state index contributed by atoms with van der Waals surface area (Å²) in [5.41, 5.74) is 7.47. The van der Waals surface area contributed by atoms with Crippen molar-refractivity contribution in [3.8, 4) is 0 Å². The van der Waals surface area contributed by atoms with Gasteiger partial charge in [-0.05, 0) is 17.5 Å². The Morgan fingerprint density at radius 1 is 1.36 bits per heavy atom. The Labute approximate surface area is 101 Å². The molecule has 0 saturated carbocycles. The number of nitrogens with zero attached hydrogens (tertiary/aromatic N) is 1. The molecule has 0 atom stereocenters. The maximum absolute atomic E-state index is 5.53. The van der Waals surface area contributed by atoms with Gasteiger partial charge in [-0.1, -0.05) is 13.8 Å². The summed E-state index contributed by atoms with van der Waals surface area (Å²) in [5.74, 6) is 0.510. The van der Waals surface area contributed by atoms with E-state index in [4.69, 9.17) is 5.73 Å². The summed E-state index contributed by atoms with van der Waals surface area (Å²) in [6.45, 7) is 4.24. The summed E-state index contributed by atoms with van der Waals surface area (Å²) in [6.07, 6.45) is 3.51. The Kier molecular flexibility index (Phi) is 5.21. The van der Waals surface area contributed by atoms with Crippen LogP contribution < -0.4 is 5.73 Å². The Hall–Kier alpha value is 0.327. The SMILES string of the molecule is CC(C)c1cncc(N)c1.[Ce]. The number of nitrogens with two attached hydrogens (primary N) is 1. The van der Waals surface area contributed by atoms with Crippen LogP contribution in [0.15, 0.2) is 18.5 Å². The minimum atomic E-state index is 0. The molecule has 0 aliphatic rings. The Morgan fingerprint density at radius 3 is 2.36 bits per heavy atom. The average molecular weight is 276 g/mol. The molecule has 11 heavy (non-hydrogen) atoms. The topological polar surface area (TPSA) is 38.9 Å². The second kappa shape index (κ2) is 5.06. The van der Waals surface area contributed by atoms with Crippen LogP contribution in [0.1, 0.15) is 25.3 Å². The van der Waals surface area contributed by atoms with Crippen molar-refractivity contribution in [3.63, 3.8) is 0 Å². The molecule has 0 saturated heterocycles. The van der Waals surface area contributed by atoms with E-state index in [9.17, 15) is 0 Å². The van der Waals surface area contributed by atoms with Crippen LogP contribution in [0.2, 0.25) is 0 Å². The van der Waals surface area contributed by atoms with E-state index in [1.807, 2.05) is 12.3 Å². The van der Waals surface area contributed by atoms with Crippen molar-refractivity contribution in [2.24, 2.45) is 0 Å². The second-order valence-corrected chi connectivity index (χ2v) is 2.71. The van der Waals surface area contributed by atoms with Crippen LogP contribution in [0, 0.1) is 41.7 Å². The van der Waals surface area contributed by atoms with Crippen LogP contribution in [0.3, 0.4) is 0 Å². The molecule has 3 heteroatoms. The number of anilines is 1. The van der Waals surface area contributed by atoms with E-state index in [1.54, 1.807) is 6.20 Å². The van der Waals surface area contributed by atoms with Crippen LogP contribution in [0.4, 0.5) is 5.69 Å². The van der Waals surface area contributed by atoms with Crippen LogP contribution in [-0.2, 0) is 0 Å². The maximum atomic E-state index is 5.53. The monoisotopic (exact) mass is 276 g/mol. The first-order valence-corrected chi connectivity index (χ1v) is 3.40. The first-order chi connectivity index (χ1) is 4.70. The minimum Gasteiger partial charge on any atom is -0.397 e. The molecule has 0 unspecified atom stereocenters. The molecule has 1 aromatic rings. The quantitative estimate of drug-likeness (QED) is 0.849. The number of aromatic nitrogens is 1. The smallest absolute Gasteiger partial charge is 0.0503 e. The van der Waals surface area contributed by atoms with Gasteiger partial charge < -0.3 is 5.73 Å². The third-order valence-electron chi connectivity index (χ3n) is 1.45. The summed E-state index contributed by atoms with van der Waals surface area (Å²) in [7, 11) is 0. The summed E-state index contributed by atoms with van der Waals surface area (Å²) in [4.78, 5) is 3.98. The first kappa shape index (κ1) is 11.3. The number of hydrogen-bond acceptors (Lipinski definition) is 2. The van der Waals surface area contributed by atoms with Gasteiger partial charge in [0.25, 0.3) is 0 Å². The fraction of sp³-hybridized carbons (Fsp3) is 0.375. The molecule has 0 aliphatic heterocycles. The van der Waals surface area contributed by atoms with Crippen molar-refractivity contribution in [2.75, 3.05) is 5.73 Å². The molecule has 0 bridgehead atoms. The van der Waals surface area contributed by atoms with Gasteiger partial charge in [-0.15, -0.1) is 0 Å². The molecule has 0 radical (unpaired) electrons. The van der Waals surface area contributed by atoms with E-state index in [0.29, 0.717) is 5.92 Å². The molecule has 1 aromatic heterocycles. The van der Waals surface area contributed by atoms with E-state index >= 15 is 0 Å². The van der Waals surface area contributed by atoms with Crippen LogP contribution in [0.5, 0.6) is 0 Å². The summed E-state index contributed by atoms with van der Waals surface area (Å²) >= 11 is 0. The molecule has 2 N–H and O–H groups in total. The van der Waals surface area contributed by atoms with Gasteiger partial charge in [0.1, 0.15) is 0 Å². The van der Waals surface area contributed by atoms with Crippen molar-refractivity contribution in [1.29, 1.82) is 0 Å². The Morgan fingerprint density at radius 2 is 2.00 bits per heavy atom. The van der Waals surface area contributed by atoms with Crippen molar-refractivity contribution in [2.45, 2.75) is 19.8 Å². The predicted octanol–water partition coefficient (Wildman–Crippen LogP) is 1.79. The number of pyridine rings is 1. The average Bonchev–Trinajstić information content (AvgIpc) is 1.88. The predicted molar refractivity (Wildman–Crippen MR) is 42.7 cm³/mol. The number of rotatable bonds is 1. The van der Waals surface area contributed by atoms with E-state index < -0.39 is 0 Å². The summed E-state index contributed by atoms with van der Waals surface area (Å²) in [6, 6.07) is 1.96. The van der Waals surface area contributed by atoms with Gasteiger partial charge in [-0.3, -0.25) is 4.98 Å². The summed E-state index contributed by atoms with van der Waals surface area (Å²) in [5, 5.41) is 0. The fourth-order valence-corrected chi connectivity index (χ4v) is 0.792. The molecule has 0 aromatic carbocycles. The molecule has 0 spiro atoms. The second-order valence-electron chi connectivity index (χ2n) is 2.71. The zero-order valence-corrected chi connectivity index (χ0v) is 9.97. The normalized spacial score (nSPS) is 9.36. The molecule has 0 amide bonds. The minimum absolute atomic E-state index is 0. The molecule has 58 valence electrons. The van der Waals surface area contributed by atoms with E-state index in [1.165, 1.54) is 5.56 Å². The molecule has 2 nitrogen and oxygen atoms in total. The van der Waals surface area contributed by atoms with Gasteiger partial charge in [0.2, 0.25) is 0 Å². The standard InChI is InChI=1S/C8H12N2.Ce/c1-6(2)7-3-8(9)5-10-4-7;/h3-6H,9H2,1-2H3;. The first-order valence-electron chi connectivity index (χ1n) is 3.40. The zero-order chi connectivity index (χ0) is 7.56. The zero-order valence-electron chi connectivity index (χ0n) is 6.83. The Bertz CT molecular complexity index is 223. The maximum Gasteiger partial charge on any atom is 0.0503 e. The largest absolute Gasteiger partial charge is 0.397 e. The van der Waals surface area contributed by atoms with Crippen molar-refractivity contribution in [1.82, 2.24) is 4.98 Å². The summed E-state index contributed by atoms with van der Waals surface area (Å²) < 4.78 is 0. The van der Waals surface area contributed by atoms with Gasteiger partial charge in [0.05, 0.1) is 5.69 Å². The molecular formula is C8H12CeN2. The van der Waals surface area contributed by atoms with Crippen molar-refractivity contribution < 1.29 is 41.7 Å². The van der Waals surface area contributed by atoms with E-state index in [-0.39, 0.29) is 41.7 Å². The van der Waals surface area contributed by atoms with Crippen LogP contribution in [0.25, 0.3) is 0 Å². The third kappa shape index (κ3) is 3.49. The van der Waals surface area contributed by atoms with Crippen molar-refractivity contribution >= 4 is 5.69 Å². The van der Waals surface area contributed by atoms with Gasteiger partial charge in [-0.25, -0.2) is 0 Å². The third-order valence-corrected chi connectivity index (χ3v) is 1.45. The van der Waals surface area contributed by atoms with Gasteiger partial charge in [0.15, 0.2) is 0 Å². The van der Waals surface area contributed by atoms with Crippen LogP contribution in [-0.4, -0.2) is 4.98 Å². The Balaban J connectivity index is 0.000001000. The molecule has 0 aliphatic carbocycles. The van der Waals surface area contributed by atoms with E-state index in [2.05, 4.69) is 18.8 Å². The fourth-order valence-electron chi connectivity index (χ4n) is 0.792. The van der Waals surface area contributed by atoms with Crippen LogP contribution >= 0.6 is 0 Å². The molecule has 1 heterocycles. The van der Waals surface area contributed by atoms with Gasteiger partial charge in [0, 0.05) is 54.1 Å². The molecule has 0 fully saturated rings. The van der Waals surface area contributed by atoms with Gasteiger partial charge >= 0.3 is 0 Å². The molecular weight excluding hydrogens is 264 g/mol. The number of nitrogen functional groups attached to an aromatic ring is 1. The number of hydrogen-bond donors (Lipinski definition) is 1. The van der Waals surface area contributed by atoms with E-state index in [0.717, 1.165) is 5.69 Å². The molecule has 1 rings (SSSR count). The van der Waals surface area contributed by atoms with Gasteiger partial charge in [-0.2, -0.15) is 0 Å². The van der Waals surface area contributed by atoms with Crippen molar-refractivity contribution in [3.05, 3.63) is 24.0 Å².